The Bertz CT molecular complexity index is 1210. The standard InChI is InChI=1S/C23H19Cl2IN2O2/c1-12-5-13(11-27)6-20-17(12)9-15(28(20)2)10-18-19(24)3-4-21(22(18)25)30-16-7-14(8-16)23(26)29/h3-6,9,14,16H,7-8,10H2,1-2H3. The molecule has 1 aliphatic carbocycles. The largest absolute Gasteiger partial charge is 0.489 e. The molecule has 0 aliphatic heterocycles. The Kier molecular flexibility index (Phi) is 6.02. The number of aryl methyl sites for hydroxylation is 2. The van der Waals surface area contributed by atoms with Gasteiger partial charge in [-0.15, -0.1) is 0 Å². The van der Waals surface area contributed by atoms with Gasteiger partial charge >= 0.3 is 0 Å². The number of carbonyl (C=O) groups excluding carboxylic acids is 1. The number of ether oxygens (including phenoxy) is 1. The molecule has 4 nitrogen and oxygen atoms in total. The molecule has 0 atom stereocenters. The molecule has 3 aromatic rings. The lowest BCUT2D eigenvalue weighted by Crippen LogP contribution is -2.36. The van der Waals surface area contributed by atoms with Gasteiger partial charge in [0, 0.05) is 41.0 Å². The normalized spacial score (nSPS) is 18.1. The first-order valence-electron chi connectivity index (χ1n) is 9.60. The van der Waals surface area contributed by atoms with Gasteiger partial charge in [-0.1, -0.05) is 23.2 Å². The summed E-state index contributed by atoms with van der Waals surface area (Å²) < 4.78 is 8.30. The van der Waals surface area contributed by atoms with Crippen LogP contribution in [0.4, 0.5) is 0 Å². The maximum absolute atomic E-state index is 11.4. The summed E-state index contributed by atoms with van der Waals surface area (Å²) >= 11 is 15.0. The smallest absolute Gasteiger partial charge is 0.195 e. The maximum atomic E-state index is 11.4. The molecule has 4 rings (SSSR count). The third kappa shape index (κ3) is 3.93. The number of fused-ring (bicyclic) bond motifs is 1. The molecule has 2 aromatic carbocycles. The lowest BCUT2D eigenvalue weighted by atomic mass is 9.83. The number of carbonyl (C=O) groups is 1. The SMILES string of the molecule is Cc1cc(C#N)cc2c1cc(Cc1c(Cl)ccc(OC3CC(C(=O)I)C3)c1Cl)n2C. The van der Waals surface area contributed by atoms with Crippen LogP contribution in [0.2, 0.25) is 10.0 Å². The summed E-state index contributed by atoms with van der Waals surface area (Å²) in [6.07, 6.45) is 1.99. The highest BCUT2D eigenvalue weighted by atomic mass is 127. The second-order valence-corrected chi connectivity index (χ2v) is 9.61. The lowest BCUT2D eigenvalue weighted by Gasteiger charge is -2.33. The van der Waals surface area contributed by atoms with Crippen LogP contribution in [0.3, 0.4) is 0 Å². The number of hydrogen-bond acceptors (Lipinski definition) is 3. The molecule has 0 bridgehead atoms. The zero-order valence-corrected chi connectivity index (χ0v) is 20.2. The number of nitriles is 1. The fraction of sp³-hybridized carbons (Fsp3) is 0.304. The highest BCUT2D eigenvalue weighted by Crippen LogP contribution is 2.40. The summed E-state index contributed by atoms with van der Waals surface area (Å²) in [6, 6.07) is 11.7. The summed E-state index contributed by atoms with van der Waals surface area (Å²) in [4.78, 5) is 11.4. The van der Waals surface area contributed by atoms with Crippen molar-refractivity contribution in [2.24, 2.45) is 13.0 Å². The van der Waals surface area contributed by atoms with Gasteiger partial charge in [-0.05, 0) is 83.8 Å². The summed E-state index contributed by atoms with van der Waals surface area (Å²) in [7, 11) is 1.98. The van der Waals surface area contributed by atoms with Crippen LogP contribution >= 0.6 is 45.8 Å². The van der Waals surface area contributed by atoms with Crippen molar-refractivity contribution in [2.75, 3.05) is 0 Å². The van der Waals surface area contributed by atoms with Crippen LogP contribution < -0.4 is 4.74 Å². The third-order valence-corrected chi connectivity index (χ3v) is 7.46. The number of nitrogens with zero attached hydrogens (tertiary/aromatic N) is 2. The molecule has 1 saturated carbocycles. The molecule has 1 aliphatic rings. The molecule has 154 valence electrons. The van der Waals surface area contributed by atoms with Crippen LogP contribution in [-0.4, -0.2) is 14.5 Å². The van der Waals surface area contributed by atoms with E-state index in [-0.39, 0.29) is 15.8 Å². The van der Waals surface area contributed by atoms with E-state index in [2.05, 4.69) is 16.7 Å². The van der Waals surface area contributed by atoms with Gasteiger partial charge in [0.1, 0.15) is 11.9 Å². The van der Waals surface area contributed by atoms with Crippen LogP contribution in [0, 0.1) is 24.2 Å². The Hall–Kier alpha value is -1.75. The van der Waals surface area contributed by atoms with Gasteiger partial charge < -0.3 is 9.30 Å². The van der Waals surface area contributed by atoms with Gasteiger partial charge in [-0.25, -0.2) is 0 Å². The summed E-state index contributed by atoms with van der Waals surface area (Å²) in [5, 5.41) is 11.5. The topological polar surface area (TPSA) is 55.0 Å². The molecule has 0 spiro atoms. The van der Waals surface area contributed by atoms with E-state index in [1.807, 2.05) is 48.7 Å². The van der Waals surface area contributed by atoms with Crippen molar-refractivity contribution in [3.8, 4) is 11.8 Å². The first-order valence-corrected chi connectivity index (χ1v) is 11.4. The quantitative estimate of drug-likeness (QED) is 0.273. The van der Waals surface area contributed by atoms with Crippen molar-refractivity contribution in [1.29, 1.82) is 5.26 Å². The summed E-state index contributed by atoms with van der Waals surface area (Å²) in [6.45, 7) is 2.01. The molecule has 1 heterocycles. The zero-order valence-electron chi connectivity index (χ0n) is 16.5. The second-order valence-electron chi connectivity index (χ2n) is 7.76. The van der Waals surface area contributed by atoms with Crippen LogP contribution in [0.15, 0.2) is 30.3 Å². The van der Waals surface area contributed by atoms with Crippen molar-refractivity contribution in [3.05, 3.63) is 62.8 Å². The fourth-order valence-corrected chi connectivity index (χ4v) is 4.99. The van der Waals surface area contributed by atoms with E-state index >= 15 is 0 Å². The van der Waals surface area contributed by atoms with Gasteiger partial charge in [0.25, 0.3) is 0 Å². The minimum Gasteiger partial charge on any atom is -0.489 e. The molecular weight excluding hydrogens is 534 g/mol. The predicted octanol–water partition coefficient (Wildman–Crippen LogP) is 6.38. The minimum absolute atomic E-state index is 0.00455. The predicted molar refractivity (Wildman–Crippen MR) is 128 cm³/mol. The van der Waals surface area contributed by atoms with E-state index in [0.29, 0.717) is 27.8 Å². The van der Waals surface area contributed by atoms with Gasteiger partial charge in [0.05, 0.1) is 16.7 Å². The Morgan fingerprint density at radius 2 is 2.03 bits per heavy atom. The highest BCUT2D eigenvalue weighted by Gasteiger charge is 2.35. The Labute approximate surface area is 198 Å². The second kappa shape index (κ2) is 8.41. The molecule has 7 heteroatoms. The minimum atomic E-state index is 0.00455. The first-order chi connectivity index (χ1) is 14.3. The molecular formula is C23H19Cl2IN2O2. The molecule has 0 radical (unpaired) electrons. The highest BCUT2D eigenvalue weighted by molar-refractivity contribution is 14.1. The summed E-state index contributed by atoms with van der Waals surface area (Å²) in [5.41, 5.74) is 4.56. The van der Waals surface area contributed by atoms with E-state index in [1.165, 1.54) is 0 Å². The van der Waals surface area contributed by atoms with E-state index < -0.39 is 0 Å². The van der Waals surface area contributed by atoms with Crippen molar-refractivity contribution >= 4 is 60.5 Å². The van der Waals surface area contributed by atoms with Gasteiger partial charge in [0.15, 0.2) is 3.79 Å². The molecule has 30 heavy (non-hydrogen) atoms. The number of hydrogen-bond donors (Lipinski definition) is 0. The Morgan fingerprint density at radius 1 is 1.30 bits per heavy atom. The molecule has 1 aromatic heterocycles. The molecule has 0 N–H and O–H groups in total. The summed E-state index contributed by atoms with van der Waals surface area (Å²) in [5.74, 6) is 0.681. The van der Waals surface area contributed by atoms with E-state index in [9.17, 15) is 10.1 Å². The average Bonchev–Trinajstić information content (AvgIpc) is 2.99. The van der Waals surface area contributed by atoms with Crippen molar-refractivity contribution in [1.82, 2.24) is 4.57 Å². The van der Waals surface area contributed by atoms with Crippen LogP contribution in [0.25, 0.3) is 10.9 Å². The molecule has 1 fully saturated rings. The average molecular weight is 553 g/mol. The Balaban J connectivity index is 1.64. The fourth-order valence-electron chi connectivity index (χ4n) is 3.93. The maximum Gasteiger partial charge on any atom is 0.195 e. The van der Waals surface area contributed by atoms with Gasteiger partial charge in [-0.2, -0.15) is 5.26 Å². The van der Waals surface area contributed by atoms with Crippen LogP contribution in [0.1, 0.15) is 35.2 Å². The zero-order chi connectivity index (χ0) is 21.6. The van der Waals surface area contributed by atoms with Crippen molar-refractivity contribution in [3.63, 3.8) is 0 Å². The first kappa shape index (κ1) is 21.5. The Morgan fingerprint density at radius 3 is 2.70 bits per heavy atom. The monoisotopic (exact) mass is 552 g/mol. The number of rotatable bonds is 5. The van der Waals surface area contributed by atoms with Crippen LogP contribution in [0.5, 0.6) is 5.75 Å². The van der Waals surface area contributed by atoms with E-state index in [0.717, 1.165) is 40.6 Å². The number of benzene rings is 2. The third-order valence-electron chi connectivity index (χ3n) is 5.82. The number of halogens is 3. The molecule has 0 unspecified atom stereocenters. The lowest BCUT2D eigenvalue weighted by molar-refractivity contribution is -0.117. The van der Waals surface area contributed by atoms with Gasteiger partial charge in [-0.3, -0.25) is 4.79 Å². The van der Waals surface area contributed by atoms with E-state index in [4.69, 9.17) is 27.9 Å². The van der Waals surface area contributed by atoms with Crippen molar-refractivity contribution in [2.45, 2.75) is 32.3 Å². The number of aromatic nitrogens is 1. The van der Waals surface area contributed by atoms with Crippen LogP contribution in [-0.2, 0) is 18.3 Å². The van der Waals surface area contributed by atoms with Crippen molar-refractivity contribution < 1.29 is 9.53 Å². The van der Waals surface area contributed by atoms with E-state index in [1.54, 1.807) is 12.1 Å². The molecule has 0 saturated heterocycles. The van der Waals surface area contributed by atoms with Gasteiger partial charge in [0.2, 0.25) is 0 Å². The molecule has 0 amide bonds.